The lowest BCUT2D eigenvalue weighted by Gasteiger charge is -2.18. The van der Waals surface area contributed by atoms with Crippen molar-refractivity contribution >= 4 is 28.8 Å². The zero-order chi connectivity index (χ0) is 11.4. The SMILES string of the molecule is CCc1ccsc1C(=O)N(C)CC(C)Cl. The summed E-state index contributed by atoms with van der Waals surface area (Å²) in [7, 11) is 1.79. The molecule has 0 N–H and O–H groups in total. The molecule has 1 atom stereocenters. The summed E-state index contributed by atoms with van der Waals surface area (Å²) in [6.07, 6.45) is 0.898. The lowest BCUT2D eigenvalue weighted by molar-refractivity contribution is 0.0800. The maximum Gasteiger partial charge on any atom is 0.263 e. The number of thiophene rings is 1. The van der Waals surface area contributed by atoms with Gasteiger partial charge in [0.1, 0.15) is 0 Å². The molecule has 0 bridgehead atoms. The summed E-state index contributed by atoms with van der Waals surface area (Å²) >= 11 is 7.36. The van der Waals surface area contributed by atoms with Gasteiger partial charge in [0.25, 0.3) is 5.91 Å². The van der Waals surface area contributed by atoms with Crippen LogP contribution in [0.5, 0.6) is 0 Å². The van der Waals surface area contributed by atoms with Crippen molar-refractivity contribution in [2.75, 3.05) is 13.6 Å². The van der Waals surface area contributed by atoms with Gasteiger partial charge in [0.05, 0.1) is 4.88 Å². The number of alkyl halides is 1. The van der Waals surface area contributed by atoms with E-state index >= 15 is 0 Å². The third-order valence-electron chi connectivity index (χ3n) is 2.19. The van der Waals surface area contributed by atoms with Crippen molar-refractivity contribution in [3.05, 3.63) is 21.9 Å². The first-order valence-electron chi connectivity index (χ1n) is 5.02. The molecular formula is C11H16ClNOS. The van der Waals surface area contributed by atoms with Crippen molar-refractivity contribution in [2.45, 2.75) is 25.6 Å². The van der Waals surface area contributed by atoms with E-state index in [2.05, 4.69) is 6.92 Å². The van der Waals surface area contributed by atoms with Crippen LogP contribution >= 0.6 is 22.9 Å². The molecule has 1 heterocycles. The minimum Gasteiger partial charge on any atom is -0.340 e. The first-order valence-corrected chi connectivity index (χ1v) is 6.33. The number of halogens is 1. The van der Waals surface area contributed by atoms with Crippen LogP contribution in [0.2, 0.25) is 0 Å². The topological polar surface area (TPSA) is 20.3 Å². The van der Waals surface area contributed by atoms with E-state index < -0.39 is 0 Å². The van der Waals surface area contributed by atoms with Gasteiger partial charge < -0.3 is 4.90 Å². The number of amides is 1. The predicted molar refractivity (Wildman–Crippen MR) is 66.0 cm³/mol. The van der Waals surface area contributed by atoms with Gasteiger partial charge >= 0.3 is 0 Å². The van der Waals surface area contributed by atoms with Gasteiger partial charge in [0.2, 0.25) is 0 Å². The van der Waals surface area contributed by atoms with Crippen LogP contribution < -0.4 is 0 Å². The highest BCUT2D eigenvalue weighted by atomic mass is 35.5. The Morgan fingerprint density at radius 2 is 2.33 bits per heavy atom. The van der Waals surface area contributed by atoms with Crippen LogP contribution in [0.3, 0.4) is 0 Å². The molecule has 0 aromatic carbocycles. The highest BCUT2D eigenvalue weighted by Crippen LogP contribution is 2.19. The Labute approximate surface area is 99.9 Å². The maximum absolute atomic E-state index is 12.0. The van der Waals surface area contributed by atoms with Crippen LogP contribution in [-0.2, 0) is 6.42 Å². The molecule has 1 rings (SSSR count). The van der Waals surface area contributed by atoms with E-state index in [4.69, 9.17) is 11.6 Å². The summed E-state index contributed by atoms with van der Waals surface area (Å²) < 4.78 is 0. The molecular weight excluding hydrogens is 230 g/mol. The van der Waals surface area contributed by atoms with E-state index in [9.17, 15) is 4.79 Å². The molecule has 0 aliphatic heterocycles. The van der Waals surface area contributed by atoms with Gasteiger partial charge in [-0.05, 0) is 30.4 Å². The lowest BCUT2D eigenvalue weighted by Crippen LogP contribution is -2.31. The summed E-state index contributed by atoms with van der Waals surface area (Å²) in [5.41, 5.74) is 1.12. The number of hydrogen-bond donors (Lipinski definition) is 0. The molecule has 2 nitrogen and oxygen atoms in total. The number of carbonyl (C=O) groups is 1. The van der Waals surface area contributed by atoms with Crippen LogP contribution in [0.15, 0.2) is 11.4 Å². The minimum atomic E-state index is -0.0102. The van der Waals surface area contributed by atoms with Gasteiger partial charge in [0, 0.05) is 19.0 Å². The average Bonchev–Trinajstić information content (AvgIpc) is 2.62. The van der Waals surface area contributed by atoms with Gasteiger partial charge in [-0.3, -0.25) is 4.79 Å². The zero-order valence-corrected chi connectivity index (χ0v) is 10.9. The highest BCUT2D eigenvalue weighted by Gasteiger charge is 2.17. The molecule has 0 radical (unpaired) electrons. The van der Waals surface area contributed by atoms with Gasteiger partial charge in [-0.25, -0.2) is 0 Å². The maximum atomic E-state index is 12.0. The fourth-order valence-corrected chi connectivity index (χ4v) is 2.63. The van der Waals surface area contributed by atoms with Crippen molar-refractivity contribution in [1.29, 1.82) is 0 Å². The van der Waals surface area contributed by atoms with Crippen molar-refractivity contribution < 1.29 is 4.79 Å². The number of hydrogen-bond acceptors (Lipinski definition) is 2. The number of nitrogens with zero attached hydrogens (tertiary/aromatic N) is 1. The molecule has 0 aliphatic carbocycles. The first kappa shape index (κ1) is 12.5. The largest absolute Gasteiger partial charge is 0.340 e. The standard InChI is InChI=1S/C11H16ClNOS/c1-4-9-5-6-15-10(9)11(14)13(3)7-8(2)12/h5-6,8H,4,7H2,1-3H3. The van der Waals surface area contributed by atoms with E-state index in [0.717, 1.165) is 16.9 Å². The summed E-state index contributed by atoms with van der Waals surface area (Å²) in [5.74, 6) is 0.0781. The van der Waals surface area contributed by atoms with Crippen LogP contribution in [0.4, 0.5) is 0 Å². The molecule has 0 saturated carbocycles. The molecule has 1 aromatic heterocycles. The smallest absolute Gasteiger partial charge is 0.263 e. The third kappa shape index (κ3) is 3.21. The molecule has 15 heavy (non-hydrogen) atoms. The summed E-state index contributed by atoms with van der Waals surface area (Å²) in [4.78, 5) is 14.5. The molecule has 1 amide bonds. The Morgan fingerprint density at radius 3 is 2.87 bits per heavy atom. The molecule has 1 unspecified atom stereocenters. The molecule has 4 heteroatoms. The van der Waals surface area contributed by atoms with Crippen LogP contribution in [0.25, 0.3) is 0 Å². The van der Waals surface area contributed by atoms with E-state index in [1.54, 1.807) is 11.9 Å². The summed E-state index contributed by atoms with van der Waals surface area (Å²) in [6, 6.07) is 2.01. The Balaban J connectivity index is 2.76. The Bertz CT molecular complexity index is 335. The second-order valence-corrected chi connectivity index (χ2v) is 5.26. The second kappa shape index (κ2) is 5.52. The molecule has 1 aromatic rings. The molecule has 0 spiro atoms. The van der Waals surface area contributed by atoms with Crippen molar-refractivity contribution in [2.24, 2.45) is 0 Å². The minimum absolute atomic E-state index is 0.0102. The predicted octanol–water partition coefficient (Wildman–Crippen LogP) is 3.01. The molecule has 0 aliphatic rings. The van der Waals surface area contributed by atoms with Gasteiger partial charge in [0.15, 0.2) is 0 Å². The zero-order valence-electron chi connectivity index (χ0n) is 9.29. The highest BCUT2D eigenvalue weighted by molar-refractivity contribution is 7.12. The van der Waals surface area contributed by atoms with E-state index in [1.807, 2.05) is 18.4 Å². The fraction of sp³-hybridized carbons (Fsp3) is 0.545. The van der Waals surface area contributed by atoms with Gasteiger partial charge in [-0.15, -0.1) is 22.9 Å². The number of rotatable bonds is 4. The van der Waals surface area contributed by atoms with Gasteiger partial charge in [-0.1, -0.05) is 6.92 Å². The average molecular weight is 246 g/mol. The van der Waals surface area contributed by atoms with Crippen molar-refractivity contribution in [3.63, 3.8) is 0 Å². The fourth-order valence-electron chi connectivity index (χ4n) is 1.44. The Morgan fingerprint density at radius 1 is 1.67 bits per heavy atom. The molecule has 0 fully saturated rings. The number of carbonyl (C=O) groups excluding carboxylic acids is 1. The Kier molecular flexibility index (Phi) is 4.61. The number of aryl methyl sites for hydroxylation is 1. The quantitative estimate of drug-likeness (QED) is 0.747. The second-order valence-electron chi connectivity index (χ2n) is 3.59. The summed E-state index contributed by atoms with van der Waals surface area (Å²) in [6.45, 7) is 4.53. The molecule has 0 saturated heterocycles. The first-order chi connectivity index (χ1) is 7.06. The summed E-state index contributed by atoms with van der Waals surface area (Å²) in [5, 5.41) is 1.95. The Hall–Kier alpha value is -0.540. The normalized spacial score (nSPS) is 12.5. The van der Waals surface area contributed by atoms with E-state index in [-0.39, 0.29) is 11.3 Å². The van der Waals surface area contributed by atoms with Crippen molar-refractivity contribution in [3.8, 4) is 0 Å². The van der Waals surface area contributed by atoms with Crippen LogP contribution in [-0.4, -0.2) is 29.8 Å². The van der Waals surface area contributed by atoms with Crippen LogP contribution in [0.1, 0.15) is 29.1 Å². The van der Waals surface area contributed by atoms with Crippen LogP contribution in [0, 0.1) is 0 Å². The van der Waals surface area contributed by atoms with E-state index in [0.29, 0.717) is 6.54 Å². The van der Waals surface area contributed by atoms with E-state index in [1.165, 1.54) is 11.3 Å². The van der Waals surface area contributed by atoms with Crippen molar-refractivity contribution in [1.82, 2.24) is 4.90 Å². The van der Waals surface area contributed by atoms with Gasteiger partial charge in [-0.2, -0.15) is 0 Å². The molecule has 84 valence electrons. The third-order valence-corrected chi connectivity index (χ3v) is 3.28. The monoisotopic (exact) mass is 245 g/mol. The lowest BCUT2D eigenvalue weighted by atomic mass is 10.2.